The molecule has 194 valence electrons. The molecule has 0 heterocycles. The van der Waals surface area contributed by atoms with Crippen LogP contribution in [0.3, 0.4) is 0 Å². The van der Waals surface area contributed by atoms with Crippen molar-refractivity contribution in [3.8, 4) is 0 Å². The normalized spacial score (nSPS) is 13.6. The Bertz CT molecular complexity index is 854. The summed E-state index contributed by atoms with van der Waals surface area (Å²) in [7, 11) is 0. The molecule has 1 rings (SSSR count). The molecule has 0 radical (unpaired) electrons. The SMILES string of the molecule is CC(C)C[C@@H](C=O)NC(=O)[C@H](CC(C)C)NC(=O)[C@H](CC(C)C)NC(=O)OC(=O)c1ccccc1. The van der Waals surface area contributed by atoms with E-state index in [1.54, 1.807) is 18.2 Å². The van der Waals surface area contributed by atoms with Gasteiger partial charge in [0.1, 0.15) is 18.4 Å². The van der Waals surface area contributed by atoms with Crippen LogP contribution in [0.25, 0.3) is 0 Å². The van der Waals surface area contributed by atoms with Gasteiger partial charge in [-0.1, -0.05) is 59.7 Å². The monoisotopic (exact) mass is 489 g/mol. The molecule has 3 atom stereocenters. The van der Waals surface area contributed by atoms with Crippen LogP contribution in [0.4, 0.5) is 4.79 Å². The van der Waals surface area contributed by atoms with Crippen molar-refractivity contribution in [3.05, 3.63) is 35.9 Å². The molecule has 0 aromatic heterocycles. The summed E-state index contributed by atoms with van der Waals surface area (Å²) in [5.74, 6) is -1.57. The molecule has 0 aliphatic heterocycles. The standard InChI is InChI=1S/C26H39N3O6/c1-16(2)12-20(15-30)27-23(31)21(13-17(3)4)28-24(32)22(14-18(5)6)29-26(34)35-25(33)19-10-8-7-9-11-19/h7-11,15-18,20-22H,12-14H2,1-6H3,(H,27,31)(H,28,32)(H,29,34)/t20-,21-,22-/m0/s1. The van der Waals surface area contributed by atoms with Gasteiger partial charge in [-0.05, 0) is 49.1 Å². The molecule has 9 heteroatoms. The van der Waals surface area contributed by atoms with Crippen LogP contribution in [-0.4, -0.2) is 48.3 Å². The maximum absolute atomic E-state index is 13.1. The van der Waals surface area contributed by atoms with E-state index in [9.17, 15) is 24.0 Å². The number of hydrogen-bond donors (Lipinski definition) is 3. The van der Waals surface area contributed by atoms with Gasteiger partial charge in [0.2, 0.25) is 11.8 Å². The fourth-order valence-electron chi connectivity index (χ4n) is 3.51. The number of carbonyl (C=O) groups is 5. The Labute approximate surface area is 207 Å². The summed E-state index contributed by atoms with van der Waals surface area (Å²) < 4.78 is 4.83. The average molecular weight is 490 g/mol. The second-order valence-corrected chi connectivity index (χ2v) is 9.94. The molecule has 3 amide bonds. The molecule has 0 unspecified atom stereocenters. The summed E-state index contributed by atoms with van der Waals surface area (Å²) in [5, 5.41) is 7.84. The zero-order chi connectivity index (χ0) is 26.5. The topological polar surface area (TPSA) is 131 Å². The smallest absolute Gasteiger partial charge is 0.373 e. The number of esters is 1. The van der Waals surface area contributed by atoms with Crippen molar-refractivity contribution in [1.29, 1.82) is 0 Å². The first kappa shape index (κ1) is 29.8. The van der Waals surface area contributed by atoms with Crippen LogP contribution in [0.15, 0.2) is 30.3 Å². The van der Waals surface area contributed by atoms with E-state index in [0.29, 0.717) is 19.1 Å². The van der Waals surface area contributed by atoms with Gasteiger partial charge in [0.05, 0.1) is 11.6 Å². The van der Waals surface area contributed by atoms with Crippen molar-refractivity contribution in [2.45, 2.75) is 78.9 Å². The fraction of sp³-hybridized carbons (Fsp3) is 0.577. The van der Waals surface area contributed by atoms with E-state index >= 15 is 0 Å². The van der Waals surface area contributed by atoms with Crippen LogP contribution >= 0.6 is 0 Å². The van der Waals surface area contributed by atoms with Crippen molar-refractivity contribution >= 4 is 30.2 Å². The highest BCUT2D eigenvalue weighted by Crippen LogP contribution is 2.11. The minimum atomic E-state index is -1.05. The van der Waals surface area contributed by atoms with E-state index in [1.807, 2.05) is 41.5 Å². The molecule has 0 saturated carbocycles. The summed E-state index contributed by atoms with van der Waals surface area (Å²) in [6.45, 7) is 11.5. The molecular weight excluding hydrogens is 450 g/mol. The number of aldehydes is 1. The van der Waals surface area contributed by atoms with E-state index in [4.69, 9.17) is 4.74 Å². The quantitative estimate of drug-likeness (QED) is 0.222. The van der Waals surface area contributed by atoms with Gasteiger partial charge in [0.15, 0.2) is 0 Å². The van der Waals surface area contributed by atoms with Gasteiger partial charge < -0.3 is 25.5 Å². The predicted molar refractivity (Wildman–Crippen MR) is 132 cm³/mol. The van der Waals surface area contributed by atoms with E-state index < -0.39 is 42.0 Å². The maximum atomic E-state index is 13.1. The number of nitrogens with one attached hydrogen (secondary N) is 3. The Hall–Kier alpha value is -3.23. The number of hydrogen-bond acceptors (Lipinski definition) is 6. The van der Waals surface area contributed by atoms with Crippen molar-refractivity contribution in [2.75, 3.05) is 0 Å². The van der Waals surface area contributed by atoms with Gasteiger partial charge in [0.25, 0.3) is 0 Å². The zero-order valence-electron chi connectivity index (χ0n) is 21.5. The van der Waals surface area contributed by atoms with E-state index in [1.165, 1.54) is 12.1 Å². The first-order valence-electron chi connectivity index (χ1n) is 12.1. The van der Waals surface area contributed by atoms with Gasteiger partial charge in [0, 0.05) is 0 Å². The lowest BCUT2D eigenvalue weighted by Gasteiger charge is -2.26. The summed E-state index contributed by atoms with van der Waals surface area (Å²) >= 11 is 0. The van der Waals surface area contributed by atoms with Gasteiger partial charge in [-0.2, -0.15) is 0 Å². The first-order valence-corrected chi connectivity index (χ1v) is 12.1. The van der Waals surface area contributed by atoms with Crippen molar-refractivity contribution in [2.24, 2.45) is 17.8 Å². The third-order valence-corrected chi connectivity index (χ3v) is 5.07. The zero-order valence-corrected chi connectivity index (χ0v) is 21.5. The maximum Gasteiger partial charge on any atom is 0.415 e. The largest absolute Gasteiger partial charge is 0.415 e. The van der Waals surface area contributed by atoms with Crippen molar-refractivity contribution in [3.63, 3.8) is 0 Å². The highest BCUT2D eigenvalue weighted by molar-refractivity contribution is 5.98. The number of benzene rings is 1. The lowest BCUT2D eigenvalue weighted by molar-refractivity contribution is -0.131. The molecular formula is C26H39N3O6. The first-order chi connectivity index (χ1) is 16.4. The van der Waals surface area contributed by atoms with Crippen LogP contribution in [0.5, 0.6) is 0 Å². The lowest BCUT2D eigenvalue weighted by atomic mass is 9.99. The minimum absolute atomic E-state index is 0.0266. The van der Waals surface area contributed by atoms with Crippen LogP contribution in [0.2, 0.25) is 0 Å². The number of alkyl carbamates (subject to hydrolysis) is 1. The second kappa shape index (κ2) is 14.9. The highest BCUT2D eigenvalue weighted by Gasteiger charge is 2.30. The Morgan fingerprint density at radius 2 is 1.23 bits per heavy atom. The molecule has 0 spiro atoms. The molecule has 1 aromatic carbocycles. The summed E-state index contributed by atoms with van der Waals surface area (Å²) in [6.07, 6.45) is 0.727. The number of ether oxygens (including phenoxy) is 1. The van der Waals surface area contributed by atoms with Crippen LogP contribution in [0, 0.1) is 17.8 Å². The van der Waals surface area contributed by atoms with Gasteiger partial charge in [-0.15, -0.1) is 0 Å². The fourth-order valence-corrected chi connectivity index (χ4v) is 3.51. The molecule has 0 aliphatic rings. The Kier molecular flexibility index (Phi) is 12.7. The Balaban J connectivity index is 2.91. The van der Waals surface area contributed by atoms with Gasteiger partial charge in [-0.3, -0.25) is 9.59 Å². The molecule has 0 bridgehead atoms. The van der Waals surface area contributed by atoms with E-state index in [-0.39, 0.29) is 29.7 Å². The van der Waals surface area contributed by atoms with E-state index in [2.05, 4.69) is 16.0 Å². The molecule has 0 fully saturated rings. The molecule has 35 heavy (non-hydrogen) atoms. The number of carbonyl (C=O) groups excluding carboxylic acids is 5. The van der Waals surface area contributed by atoms with Crippen LogP contribution in [0.1, 0.15) is 71.2 Å². The lowest BCUT2D eigenvalue weighted by Crippen LogP contribution is -2.55. The molecule has 1 aromatic rings. The molecule has 0 saturated heterocycles. The summed E-state index contributed by atoms with van der Waals surface area (Å²) in [4.78, 5) is 61.9. The second-order valence-electron chi connectivity index (χ2n) is 9.94. The third kappa shape index (κ3) is 11.6. The average Bonchev–Trinajstić information content (AvgIpc) is 2.77. The molecule has 0 aliphatic carbocycles. The van der Waals surface area contributed by atoms with Crippen LogP contribution < -0.4 is 16.0 Å². The van der Waals surface area contributed by atoms with Gasteiger partial charge in [-0.25, -0.2) is 9.59 Å². The van der Waals surface area contributed by atoms with Crippen molar-refractivity contribution in [1.82, 2.24) is 16.0 Å². The molecule has 3 N–H and O–H groups in total. The highest BCUT2D eigenvalue weighted by atomic mass is 16.6. The van der Waals surface area contributed by atoms with Gasteiger partial charge >= 0.3 is 12.1 Å². The van der Waals surface area contributed by atoms with Crippen LogP contribution in [-0.2, 0) is 19.1 Å². The summed E-state index contributed by atoms with van der Waals surface area (Å²) in [6, 6.07) is 5.45. The van der Waals surface area contributed by atoms with E-state index in [0.717, 1.165) is 0 Å². The minimum Gasteiger partial charge on any atom is -0.373 e. The van der Waals surface area contributed by atoms with Crippen molar-refractivity contribution < 1.29 is 28.7 Å². The molecule has 9 nitrogen and oxygen atoms in total. The number of amides is 3. The summed E-state index contributed by atoms with van der Waals surface area (Å²) in [5.41, 5.74) is 0.201. The number of rotatable bonds is 13. The Morgan fingerprint density at radius 1 is 0.743 bits per heavy atom. The third-order valence-electron chi connectivity index (χ3n) is 5.07. The predicted octanol–water partition coefficient (Wildman–Crippen LogP) is 3.23. The Morgan fingerprint density at radius 3 is 1.71 bits per heavy atom.